The van der Waals surface area contributed by atoms with Crippen LogP contribution in [0.25, 0.3) is 0 Å². The fraction of sp³-hybridized carbons (Fsp3) is 1.00. The molecule has 0 saturated heterocycles. The summed E-state index contributed by atoms with van der Waals surface area (Å²) in [6.45, 7) is 9.08. The lowest BCUT2D eigenvalue weighted by Gasteiger charge is -2.64. The van der Waals surface area contributed by atoms with Gasteiger partial charge in [0.1, 0.15) is 0 Å². The van der Waals surface area contributed by atoms with Crippen molar-refractivity contribution in [1.82, 2.24) is 0 Å². The second kappa shape index (κ2) is 4.82. The van der Waals surface area contributed by atoms with Gasteiger partial charge in [-0.1, -0.05) is 20.8 Å². The predicted molar refractivity (Wildman–Crippen MR) is 85.2 cm³/mol. The summed E-state index contributed by atoms with van der Waals surface area (Å²) in [6.07, 6.45) is 6.02. The third kappa shape index (κ3) is 2.12. The highest BCUT2D eigenvalue weighted by Crippen LogP contribution is 2.61. The van der Waals surface area contributed by atoms with E-state index in [9.17, 15) is 5.11 Å². The Bertz CT molecular complexity index is 349. The van der Waals surface area contributed by atoms with E-state index < -0.39 is 13.9 Å². The van der Waals surface area contributed by atoms with Crippen LogP contribution in [0.15, 0.2) is 0 Å². The van der Waals surface area contributed by atoms with E-state index in [0.717, 1.165) is 18.8 Å². The van der Waals surface area contributed by atoms with Crippen LogP contribution in [0, 0.1) is 17.8 Å². The van der Waals surface area contributed by atoms with Gasteiger partial charge in [0.2, 0.25) is 0 Å². The Balaban J connectivity index is 1.84. The van der Waals surface area contributed by atoms with Gasteiger partial charge in [-0.2, -0.15) is 0 Å². The molecule has 0 spiro atoms. The van der Waals surface area contributed by atoms with Crippen molar-refractivity contribution in [2.24, 2.45) is 17.8 Å². The summed E-state index contributed by atoms with van der Waals surface area (Å²) in [6, 6.07) is 3.74. The quantitative estimate of drug-likeness (QED) is 0.765. The van der Waals surface area contributed by atoms with Gasteiger partial charge < -0.3 is 9.53 Å². The molecule has 0 heterocycles. The predicted octanol–water partition coefficient (Wildman–Crippen LogP) is 4.34. The van der Waals surface area contributed by atoms with Gasteiger partial charge >= 0.3 is 0 Å². The van der Waals surface area contributed by atoms with E-state index >= 15 is 0 Å². The molecule has 0 aromatic heterocycles. The summed E-state index contributed by atoms with van der Waals surface area (Å²) in [5, 5.41) is 10.8. The molecule has 1 N–H and O–H groups in total. The number of rotatable bonds is 5. The third-order valence-corrected chi connectivity index (χ3v) is 11.9. The van der Waals surface area contributed by atoms with Crippen LogP contribution in [-0.2, 0) is 4.43 Å². The van der Waals surface area contributed by atoms with Crippen LogP contribution in [-0.4, -0.2) is 24.6 Å². The summed E-state index contributed by atoms with van der Waals surface area (Å²) < 4.78 is 7.01. The van der Waals surface area contributed by atoms with Gasteiger partial charge in [0.25, 0.3) is 0 Å². The molecule has 2 unspecified atom stereocenters. The lowest BCUT2D eigenvalue weighted by molar-refractivity contribution is -0.213. The molecule has 4 aliphatic carbocycles. The molecule has 0 amide bonds. The van der Waals surface area contributed by atoms with Crippen LogP contribution >= 0.6 is 0 Å². The van der Waals surface area contributed by atoms with Crippen LogP contribution in [0.2, 0.25) is 18.1 Å². The molecule has 4 fully saturated rings. The van der Waals surface area contributed by atoms with Gasteiger partial charge in [-0.3, -0.25) is 0 Å². The Morgan fingerprint density at radius 3 is 1.95 bits per heavy atom. The minimum absolute atomic E-state index is 0.146. The van der Waals surface area contributed by atoms with Gasteiger partial charge in [0.15, 0.2) is 8.32 Å². The highest BCUT2D eigenvalue weighted by Gasteiger charge is 2.61. The smallest absolute Gasteiger partial charge is 0.192 e. The average molecular weight is 297 g/mol. The first kappa shape index (κ1) is 15.0. The SMILES string of the molecule is CC[Si](CC)(CC)OC12CC3CC(C1)C(C)(O)C(C3)C2. The van der Waals surface area contributed by atoms with Gasteiger partial charge in [-0.25, -0.2) is 0 Å². The molecular weight excluding hydrogens is 264 g/mol. The average Bonchev–Trinajstić information content (AvgIpc) is 2.42. The largest absolute Gasteiger partial charge is 0.411 e. The van der Waals surface area contributed by atoms with Gasteiger partial charge in [0.05, 0.1) is 11.2 Å². The summed E-state index contributed by atoms with van der Waals surface area (Å²) in [7, 11) is -1.53. The van der Waals surface area contributed by atoms with E-state index in [1.807, 2.05) is 0 Å². The summed E-state index contributed by atoms with van der Waals surface area (Å²) >= 11 is 0. The monoisotopic (exact) mass is 296 g/mol. The van der Waals surface area contributed by atoms with Crippen molar-refractivity contribution in [3.05, 3.63) is 0 Å². The Labute approximate surface area is 125 Å². The zero-order valence-corrected chi connectivity index (χ0v) is 14.7. The first-order chi connectivity index (χ1) is 9.38. The maximum Gasteiger partial charge on any atom is 0.192 e. The lowest BCUT2D eigenvalue weighted by Crippen LogP contribution is -2.65. The third-order valence-electron chi connectivity index (χ3n) is 7.15. The molecule has 4 bridgehead atoms. The molecule has 4 saturated carbocycles. The van der Waals surface area contributed by atoms with Crippen molar-refractivity contribution in [2.75, 3.05) is 0 Å². The van der Waals surface area contributed by atoms with E-state index in [1.165, 1.54) is 37.4 Å². The first-order valence-corrected chi connectivity index (χ1v) is 11.3. The second-order valence-corrected chi connectivity index (χ2v) is 12.8. The standard InChI is InChI=1S/C17H32O2Si/c1-5-20(6-2,7-3)19-17-10-13-8-14(11-17)16(4,18)15(9-13)12-17/h13-15,18H,5-12H2,1-4H3. The van der Waals surface area contributed by atoms with Gasteiger partial charge in [-0.05, 0) is 74.9 Å². The fourth-order valence-electron chi connectivity index (χ4n) is 5.68. The summed E-state index contributed by atoms with van der Waals surface area (Å²) in [5.41, 5.74) is -0.272. The van der Waals surface area contributed by atoms with E-state index in [4.69, 9.17) is 4.43 Å². The molecule has 20 heavy (non-hydrogen) atoms. The molecule has 3 heteroatoms. The molecular formula is C17H32O2Si. The lowest BCUT2D eigenvalue weighted by atomic mass is 9.49. The van der Waals surface area contributed by atoms with Crippen molar-refractivity contribution in [2.45, 2.75) is 89.1 Å². The fourth-order valence-corrected chi connectivity index (χ4v) is 8.78. The van der Waals surface area contributed by atoms with Crippen molar-refractivity contribution in [1.29, 1.82) is 0 Å². The zero-order chi connectivity index (χ0) is 14.6. The molecule has 0 aliphatic heterocycles. The normalized spacial score (nSPS) is 47.0. The topological polar surface area (TPSA) is 29.5 Å². The Morgan fingerprint density at radius 2 is 1.50 bits per heavy atom. The number of hydrogen-bond acceptors (Lipinski definition) is 2. The Kier molecular flexibility index (Phi) is 3.63. The van der Waals surface area contributed by atoms with Gasteiger partial charge in [-0.15, -0.1) is 0 Å². The zero-order valence-electron chi connectivity index (χ0n) is 13.7. The number of hydrogen-bond donors (Lipinski definition) is 1. The van der Waals surface area contributed by atoms with Crippen molar-refractivity contribution < 1.29 is 9.53 Å². The van der Waals surface area contributed by atoms with Crippen LogP contribution in [0.1, 0.15) is 59.8 Å². The van der Waals surface area contributed by atoms with Crippen molar-refractivity contribution >= 4 is 8.32 Å². The first-order valence-electron chi connectivity index (χ1n) is 8.81. The van der Waals surface area contributed by atoms with E-state index in [-0.39, 0.29) is 5.60 Å². The van der Waals surface area contributed by atoms with Crippen LogP contribution in [0.4, 0.5) is 0 Å². The minimum atomic E-state index is -1.53. The maximum absolute atomic E-state index is 10.8. The maximum atomic E-state index is 10.8. The highest BCUT2D eigenvalue weighted by molar-refractivity contribution is 6.73. The molecule has 4 aliphatic rings. The molecule has 2 nitrogen and oxygen atoms in total. The molecule has 4 rings (SSSR count). The second-order valence-electron chi connectivity index (χ2n) is 8.10. The molecule has 0 radical (unpaired) electrons. The van der Waals surface area contributed by atoms with E-state index in [0.29, 0.717) is 11.8 Å². The van der Waals surface area contributed by atoms with E-state index in [2.05, 4.69) is 27.7 Å². The molecule has 116 valence electrons. The summed E-state index contributed by atoms with van der Waals surface area (Å²) in [4.78, 5) is 0. The Hall–Kier alpha value is 0.137. The summed E-state index contributed by atoms with van der Waals surface area (Å²) in [5.74, 6) is 1.81. The van der Waals surface area contributed by atoms with Crippen molar-refractivity contribution in [3.63, 3.8) is 0 Å². The van der Waals surface area contributed by atoms with Crippen LogP contribution in [0.5, 0.6) is 0 Å². The molecule has 2 atom stereocenters. The number of aliphatic hydroxyl groups is 1. The molecule has 0 aromatic rings. The van der Waals surface area contributed by atoms with E-state index in [1.54, 1.807) is 0 Å². The highest BCUT2D eigenvalue weighted by atomic mass is 28.4. The Morgan fingerprint density at radius 1 is 1.00 bits per heavy atom. The van der Waals surface area contributed by atoms with Gasteiger partial charge in [0, 0.05) is 0 Å². The molecule has 0 aromatic carbocycles. The van der Waals surface area contributed by atoms with Crippen molar-refractivity contribution in [3.8, 4) is 0 Å². The van der Waals surface area contributed by atoms with Crippen LogP contribution in [0.3, 0.4) is 0 Å². The minimum Gasteiger partial charge on any atom is -0.411 e. The van der Waals surface area contributed by atoms with Crippen LogP contribution < -0.4 is 0 Å².